The summed E-state index contributed by atoms with van der Waals surface area (Å²) < 4.78 is 52.3. The molecule has 2 aromatic rings. The predicted octanol–water partition coefficient (Wildman–Crippen LogP) is 4.75. The third-order valence-corrected chi connectivity index (χ3v) is 17.3. The van der Waals surface area contributed by atoms with E-state index in [1.165, 1.54) is 27.2 Å². The monoisotopic (exact) mass is 1120 g/mol. The highest BCUT2D eigenvalue weighted by Crippen LogP contribution is 2.43. The van der Waals surface area contributed by atoms with Gasteiger partial charge in [-0.15, -0.1) is 0 Å². The molecular weight excluding hydrogens is 1030 g/mol. The Morgan fingerprint density at radius 3 is 2.24 bits per heavy atom. The van der Waals surface area contributed by atoms with E-state index in [1.54, 1.807) is 59.1 Å². The number of benzene rings is 1. The Hall–Kier alpha value is -4.04. The summed E-state index contributed by atoms with van der Waals surface area (Å²) in [5, 5.41) is 64.9. The molecule has 22 nitrogen and oxygen atoms in total. The molecule has 79 heavy (non-hydrogen) atoms. The number of nitrogens with one attached hydrogen (secondary N) is 1. The minimum absolute atomic E-state index is 0.00462. The van der Waals surface area contributed by atoms with Crippen molar-refractivity contribution in [2.75, 3.05) is 34.3 Å². The number of carbonyl (C=O) groups is 3. The summed E-state index contributed by atoms with van der Waals surface area (Å²) >= 11 is 0. The lowest BCUT2D eigenvalue weighted by atomic mass is 9.72. The maximum Gasteiger partial charge on any atom is 0.341 e. The van der Waals surface area contributed by atoms with Crippen LogP contribution in [0.2, 0.25) is 0 Å². The lowest BCUT2D eigenvalue weighted by Gasteiger charge is -2.49. The first-order valence-corrected chi connectivity index (χ1v) is 28.0. The van der Waals surface area contributed by atoms with Crippen LogP contribution in [-0.4, -0.2) is 178 Å². The maximum absolute atomic E-state index is 14.5. The number of likely N-dealkylation sites (N-methyl/N-ethyl adjacent to an activating group) is 1. The number of aliphatic hydroxyl groups excluding tert-OH is 2. The molecule has 0 aliphatic carbocycles. The normalized spacial score (nSPS) is 38.5. The van der Waals surface area contributed by atoms with Crippen molar-refractivity contribution in [1.29, 1.82) is 0 Å². The van der Waals surface area contributed by atoms with Gasteiger partial charge >= 0.3 is 17.9 Å². The van der Waals surface area contributed by atoms with Gasteiger partial charge in [0.2, 0.25) is 5.43 Å². The van der Waals surface area contributed by atoms with Crippen molar-refractivity contribution in [2.45, 2.75) is 231 Å². The molecule has 1 unspecified atom stereocenters. The third kappa shape index (κ3) is 13.9. The number of esters is 2. The number of hydrogen-bond donors (Lipinski definition) is 6. The quantitative estimate of drug-likeness (QED) is 0.0708. The Kier molecular flexibility index (Phi) is 20.8. The van der Waals surface area contributed by atoms with Gasteiger partial charge in [-0.1, -0.05) is 38.9 Å². The van der Waals surface area contributed by atoms with Crippen LogP contribution in [0.1, 0.15) is 143 Å². The minimum atomic E-state index is -2.04. The molecule has 446 valence electrons. The summed E-state index contributed by atoms with van der Waals surface area (Å²) in [7, 11) is 5.15. The van der Waals surface area contributed by atoms with Crippen molar-refractivity contribution in [3.63, 3.8) is 0 Å². The first-order chi connectivity index (χ1) is 36.8. The molecule has 0 bridgehead atoms. The van der Waals surface area contributed by atoms with Crippen LogP contribution in [0.4, 0.5) is 0 Å². The van der Waals surface area contributed by atoms with E-state index in [2.05, 4.69) is 10.5 Å². The van der Waals surface area contributed by atoms with Crippen LogP contribution < -0.4 is 10.7 Å². The molecule has 0 saturated carbocycles. The molecule has 6 rings (SSSR count). The molecule has 3 fully saturated rings. The van der Waals surface area contributed by atoms with E-state index in [0.717, 1.165) is 11.1 Å². The average molecular weight is 1120 g/mol. The summed E-state index contributed by atoms with van der Waals surface area (Å²) in [5.41, 5.74) is -4.52. The lowest BCUT2D eigenvalue weighted by molar-refractivity contribution is -0.319. The molecule has 3 saturated heterocycles. The maximum atomic E-state index is 14.5. The van der Waals surface area contributed by atoms with Crippen molar-refractivity contribution in [1.82, 2.24) is 14.8 Å². The van der Waals surface area contributed by atoms with Crippen LogP contribution in [0.5, 0.6) is 0 Å². The molecule has 0 radical (unpaired) electrons. The highest BCUT2D eigenvalue weighted by molar-refractivity contribution is 5.94. The first-order valence-electron chi connectivity index (χ1n) is 28.0. The van der Waals surface area contributed by atoms with E-state index in [-0.39, 0.29) is 56.5 Å². The summed E-state index contributed by atoms with van der Waals surface area (Å²) in [6.45, 7) is 21.2. The van der Waals surface area contributed by atoms with E-state index in [9.17, 15) is 49.6 Å². The molecule has 19 atom stereocenters. The molecule has 4 aliphatic heterocycles. The Bertz CT molecular complexity index is 2520. The fourth-order valence-electron chi connectivity index (χ4n) is 12.7. The van der Waals surface area contributed by atoms with Gasteiger partial charge in [-0.25, -0.2) is 4.79 Å². The highest BCUT2D eigenvalue weighted by Gasteiger charge is 2.55. The van der Waals surface area contributed by atoms with Crippen LogP contribution in [0, 0.1) is 28.6 Å². The molecule has 1 aromatic heterocycles. The topological polar surface area (TPSA) is 293 Å². The molecule has 0 spiro atoms. The molecule has 1 aromatic carbocycles. The Morgan fingerprint density at radius 1 is 0.937 bits per heavy atom. The number of aromatic carboxylic acids is 1. The van der Waals surface area contributed by atoms with Gasteiger partial charge in [0.1, 0.15) is 34.7 Å². The minimum Gasteiger partial charge on any atom is -0.477 e. The van der Waals surface area contributed by atoms with Gasteiger partial charge in [0.15, 0.2) is 18.7 Å². The molecule has 6 N–H and O–H groups in total. The van der Waals surface area contributed by atoms with E-state index in [4.69, 9.17) is 37.9 Å². The number of ether oxygens (including phenoxy) is 8. The second kappa shape index (κ2) is 25.6. The average Bonchev–Trinajstić information content (AvgIpc) is 3.47. The smallest absolute Gasteiger partial charge is 0.341 e. The number of nitroso groups, excluding NO2 is 1. The summed E-state index contributed by atoms with van der Waals surface area (Å²) in [5.74, 6) is -6.40. The lowest BCUT2D eigenvalue weighted by Crippen LogP contribution is -2.61. The first kappa shape index (κ1) is 64.1. The number of methoxy groups -OCH3 is 1. The Balaban J connectivity index is 1.18. The fraction of sp³-hybridized carbons (Fsp3) is 0.789. The molecule has 5 heterocycles. The second-order valence-corrected chi connectivity index (χ2v) is 24.3. The fourth-order valence-corrected chi connectivity index (χ4v) is 12.7. The van der Waals surface area contributed by atoms with Crippen molar-refractivity contribution < 1.29 is 77.8 Å². The number of carboxylic acid groups (broad SMARTS) is 1. The molecule has 4 aliphatic rings. The van der Waals surface area contributed by atoms with Crippen molar-refractivity contribution in [3.8, 4) is 0 Å². The van der Waals surface area contributed by atoms with Gasteiger partial charge in [-0.2, -0.15) is 4.91 Å². The van der Waals surface area contributed by atoms with Gasteiger partial charge in [0.25, 0.3) is 0 Å². The largest absolute Gasteiger partial charge is 0.477 e. The zero-order valence-electron chi connectivity index (χ0n) is 48.9. The number of rotatable bonds is 17. The van der Waals surface area contributed by atoms with Crippen LogP contribution in [0.15, 0.2) is 28.3 Å². The summed E-state index contributed by atoms with van der Waals surface area (Å²) in [4.78, 5) is 67.9. The zero-order chi connectivity index (χ0) is 58.9. The highest BCUT2D eigenvalue weighted by atomic mass is 16.7. The van der Waals surface area contributed by atoms with Crippen LogP contribution >= 0.6 is 0 Å². The Labute approximate surface area is 464 Å². The van der Waals surface area contributed by atoms with Gasteiger partial charge in [-0.3, -0.25) is 14.4 Å². The molecule has 22 heteroatoms. The van der Waals surface area contributed by atoms with Gasteiger partial charge in [0.05, 0.1) is 66.6 Å². The molecule has 0 amide bonds. The van der Waals surface area contributed by atoms with Gasteiger partial charge < -0.3 is 78.2 Å². The number of hydrogen-bond acceptors (Lipinski definition) is 20. The van der Waals surface area contributed by atoms with Crippen molar-refractivity contribution in [2.24, 2.45) is 28.8 Å². The number of cyclic esters (lactones) is 1. The second-order valence-electron chi connectivity index (χ2n) is 24.3. The summed E-state index contributed by atoms with van der Waals surface area (Å²) in [6, 6.07) is 2.21. The summed E-state index contributed by atoms with van der Waals surface area (Å²) in [6.07, 6.45) is -7.95. The van der Waals surface area contributed by atoms with E-state index < -0.39 is 131 Å². The van der Waals surface area contributed by atoms with Gasteiger partial charge in [0, 0.05) is 55.1 Å². The number of nitrogens with zero attached hydrogens (tertiary/aromatic N) is 3. The van der Waals surface area contributed by atoms with Crippen LogP contribution in [0.3, 0.4) is 0 Å². The predicted molar refractivity (Wildman–Crippen MR) is 290 cm³/mol. The molecular formula is C57H90N4O18. The van der Waals surface area contributed by atoms with Crippen LogP contribution in [-0.2, 0) is 66.2 Å². The number of carbonyl (C=O) groups excluding carboxylic acids is 2. The van der Waals surface area contributed by atoms with Gasteiger partial charge in [-0.05, 0) is 126 Å². The van der Waals surface area contributed by atoms with Crippen molar-refractivity contribution in [3.05, 3.63) is 50.2 Å². The number of carboxylic acids is 1. The van der Waals surface area contributed by atoms with E-state index in [0.29, 0.717) is 36.7 Å². The Morgan fingerprint density at radius 2 is 1.62 bits per heavy atom. The van der Waals surface area contributed by atoms with Crippen molar-refractivity contribution >= 4 is 28.8 Å². The van der Waals surface area contributed by atoms with E-state index >= 15 is 0 Å². The number of pyridine rings is 1. The van der Waals surface area contributed by atoms with Crippen LogP contribution in [0.25, 0.3) is 10.9 Å². The standard InChI is InChI=1S/C57H90N4O18/c1-16-40-57(12,70)48(65)31(4)43(59-71)29(2)25-55(10,69)49(79-53-46(64)39(60(13)14)22-30(3)74-53)32(5)47(33(6)52(68)76-40)78-42-26-56(11,72-15)50(34(7)75-42)77-41(62)19-21-58-20-17-18-35-23-36-28-73-54(8,9)61-27-38(51(66)67)45(63)37(24-35)44(36)61/h23-24,27,29-34,39-40,42-43,46-50,53,58,64-65,69-70H,16-22,25-26,28H2,1-15H3,(H,66,67)/t29-,30-,31+,32+,33-,34+,39+,40-,42+,43?,46-,47+,48-,49-,50+,53+,55-,56-,57-/m1/s1. The van der Waals surface area contributed by atoms with E-state index in [1.807, 2.05) is 45.8 Å². The number of aliphatic hydroxyl groups is 4. The zero-order valence-corrected chi connectivity index (χ0v) is 48.9. The number of aryl methyl sites for hydroxylation is 1. The SMILES string of the molecule is CC[C@H]1OC(=O)[C@H](C)[C@@H](O[C@H]2C[C@@](C)(OC)[C@@H](OC(=O)CCNCCCc3cc4c5c(c3)c(=O)c(C(=O)O)cn5C(C)(C)OC4)[C@H](C)O2)[C@H](C)[C@@H](O[C@@H]2O[C@H](C)C[C@H](N(C)C)[C@H]2O)[C@](C)(O)C[C@@H](C)C(N=O)[C@H](C)[C@@H](O)[C@]1(C)O. The third-order valence-electron chi connectivity index (χ3n) is 17.3. The number of aromatic nitrogens is 1.